The molecule has 4 aliphatic rings. The largest absolute Gasteiger partial charge is 0.317 e. The zero-order valence-electron chi connectivity index (χ0n) is 13.5. The van der Waals surface area contributed by atoms with Gasteiger partial charge in [0.25, 0.3) is 0 Å². The zero-order chi connectivity index (χ0) is 14.4. The maximum absolute atomic E-state index is 4.30. The minimum absolute atomic E-state index is 0.704. The lowest BCUT2D eigenvalue weighted by molar-refractivity contribution is -0.0519. The van der Waals surface area contributed by atoms with Gasteiger partial charge in [0.15, 0.2) is 0 Å². The van der Waals surface area contributed by atoms with Crippen LogP contribution in [0.1, 0.15) is 44.2 Å². The van der Waals surface area contributed by atoms with Crippen LogP contribution in [0.3, 0.4) is 0 Å². The molecule has 21 heavy (non-hydrogen) atoms. The Kier molecular flexibility index (Phi) is 3.56. The molecule has 1 aromatic rings. The highest BCUT2D eigenvalue weighted by molar-refractivity contribution is 5.04. The SMILES string of the molecule is CNC(CCc1ccnn1C)C1C2CC3CC(C2)CC1C3. The van der Waals surface area contributed by atoms with Crippen molar-refractivity contribution in [2.45, 2.75) is 51.0 Å². The van der Waals surface area contributed by atoms with E-state index in [1.807, 2.05) is 10.9 Å². The molecule has 1 unspecified atom stereocenters. The molecule has 1 N–H and O–H groups in total. The summed E-state index contributed by atoms with van der Waals surface area (Å²) in [6, 6.07) is 2.87. The van der Waals surface area contributed by atoms with Crippen molar-refractivity contribution in [3.8, 4) is 0 Å². The fraction of sp³-hybridized carbons (Fsp3) is 0.833. The van der Waals surface area contributed by atoms with Crippen molar-refractivity contribution in [3.05, 3.63) is 18.0 Å². The zero-order valence-corrected chi connectivity index (χ0v) is 13.5. The van der Waals surface area contributed by atoms with Crippen molar-refractivity contribution in [3.63, 3.8) is 0 Å². The molecule has 0 aromatic carbocycles. The maximum Gasteiger partial charge on any atom is 0.0492 e. The minimum Gasteiger partial charge on any atom is -0.317 e. The maximum atomic E-state index is 4.30. The molecule has 3 heteroatoms. The molecule has 4 bridgehead atoms. The number of aromatic nitrogens is 2. The van der Waals surface area contributed by atoms with E-state index in [1.54, 1.807) is 6.42 Å². The van der Waals surface area contributed by atoms with E-state index in [0.29, 0.717) is 6.04 Å². The molecule has 1 heterocycles. The fourth-order valence-electron chi connectivity index (χ4n) is 6.10. The third kappa shape index (κ3) is 2.44. The van der Waals surface area contributed by atoms with E-state index in [9.17, 15) is 0 Å². The van der Waals surface area contributed by atoms with E-state index >= 15 is 0 Å². The average molecular weight is 287 g/mol. The summed E-state index contributed by atoms with van der Waals surface area (Å²) in [7, 11) is 4.24. The normalized spacial score (nSPS) is 38.9. The summed E-state index contributed by atoms with van der Waals surface area (Å²) in [5.74, 6) is 5.14. The number of aryl methyl sites for hydroxylation is 2. The Morgan fingerprint density at radius 1 is 1.19 bits per heavy atom. The van der Waals surface area contributed by atoms with Crippen molar-refractivity contribution in [2.75, 3.05) is 7.05 Å². The third-order valence-electron chi connectivity index (χ3n) is 6.77. The lowest BCUT2D eigenvalue weighted by Crippen LogP contribution is -2.52. The molecule has 1 atom stereocenters. The molecule has 4 aliphatic carbocycles. The lowest BCUT2D eigenvalue weighted by Gasteiger charge is -2.56. The lowest BCUT2D eigenvalue weighted by atomic mass is 9.50. The number of hydrogen-bond donors (Lipinski definition) is 1. The van der Waals surface area contributed by atoms with Crippen molar-refractivity contribution in [1.82, 2.24) is 15.1 Å². The average Bonchev–Trinajstić information content (AvgIpc) is 2.86. The smallest absolute Gasteiger partial charge is 0.0492 e. The molecule has 116 valence electrons. The van der Waals surface area contributed by atoms with Gasteiger partial charge in [-0.05, 0) is 87.6 Å². The van der Waals surface area contributed by atoms with Gasteiger partial charge in [-0.1, -0.05) is 0 Å². The molecule has 0 radical (unpaired) electrons. The van der Waals surface area contributed by atoms with E-state index in [0.717, 1.165) is 36.0 Å². The molecule has 5 rings (SSSR count). The van der Waals surface area contributed by atoms with Gasteiger partial charge in [0, 0.05) is 25.0 Å². The first-order valence-electron chi connectivity index (χ1n) is 8.88. The number of nitrogens with one attached hydrogen (secondary N) is 1. The van der Waals surface area contributed by atoms with Crippen LogP contribution < -0.4 is 5.32 Å². The van der Waals surface area contributed by atoms with Gasteiger partial charge in [0.05, 0.1) is 0 Å². The molecule has 1 aromatic heterocycles. The molecule has 3 nitrogen and oxygen atoms in total. The van der Waals surface area contributed by atoms with Gasteiger partial charge in [0.2, 0.25) is 0 Å². The first-order valence-corrected chi connectivity index (χ1v) is 8.88. The quantitative estimate of drug-likeness (QED) is 0.902. The summed E-state index contributed by atoms with van der Waals surface area (Å²) in [5.41, 5.74) is 1.37. The van der Waals surface area contributed by atoms with Crippen LogP contribution in [0.2, 0.25) is 0 Å². The third-order valence-corrected chi connectivity index (χ3v) is 6.77. The van der Waals surface area contributed by atoms with Crippen LogP contribution in [-0.4, -0.2) is 22.9 Å². The highest BCUT2D eigenvalue weighted by Crippen LogP contribution is 2.57. The van der Waals surface area contributed by atoms with Crippen molar-refractivity contribution < 1.29 is 0 Å². The van der Waals surface area contributed by atoms with Gasteiger partial charge in [-0.2, -0.15) is 5.10 Å². The molecule has 0 amide bonds. The van der Waals surface area contributed by atoms with Gasteiger partial charge in [-0.25, -0.2) is 0 Å². The predicted molar refractivity (Wildman–Crippen MR) is 84.9 cm³/mol. The highest BCUT2D eigenvalue weighted by Gasteiger charge is 2.50. The summed E-state index contributed by atoms with van der Waals surface area (Å²) in [4.78, 5) is 0. The summed E-state index contributed by atoms with van der Waals surface area (Å²) in [6.07, 6.45) is 12.0. The van der Waals surface area contributed by atoms with Crippen LogP contribution in [0.25, 0.3) is 0 Å². The van der Waals surface area contributed by atoms with Crippen LogP contribution in [0.4, 0.5) is 0 Å². The Bertz CT molecular complexity index is 464. The molecule has 0 saturated heterocycles. The highest BCUT2D eigenvalue weighted by atomic mass is 15.2. The summed E-state index contributed by atoms with van der Waals surface area (Å²) < 4.78 is 2.03. The second-order valence-electron chi connectivity index (χ2n) is 7.89. The standard InChI is InChI=1S/C18H29N3/c1-19-17(4-3-16-5-6-20-21(16)2)18-14-8-12-7-13(10-14)11-15(18)9-12/h5-6,12-15,17-19H,3-4,7-11H2,1-2H3. The van der Waals surface area contributed by atoms with E-state index < -0.39 is 0 Å². The molecule has 0 spiro atoms. The van der Waals surface area contributed by atoms with Crippen molar-refractivity contribution in [1.29, 1.82) is 0 Å². The van der Waals surface area contributed by atoms with Gasteiger partial charge >= 0.3 is 0 Å². The summed E-state index contributed by atoms with van der Waals surface area (Å²) >= 11 is 0. The number of rotatable bonds is 5. The van der Waals surface area contributed by atoms with Crippen LogP contribution in [0.15, 0.2) is 12.3 Å². The van der Waals surface area contributed by atoms with Gasteiger partial charge < -0.3 is 5.32 Å². The van der Waals surface area contributed by atoms with E-state index in [-0.39, 0.29) is 0 Å². The number of hydrogen-bond acceptors (Lipinski definition) is 2. The molecule has 0 aliphatic heterocycles. The first-order chi connectivity index (χ1) is 10.2. The fourth-order valence-corrected chi connectivity index (χ4v) is 6.10. The topological polar surface area (TPSA) is 29.9 Å². The van der Waals surface area contributed by atoms with Crippen LogP contribution in [0, 0.1) is 29.6 Å². The summed E-state index contributed by atoms with van der Waals surface area (Å²) in [6.45, 7) is 0. The van der Waals surface area contributed by atoms with Crippen LogP contribution in [-0.2, 0) is 13.5 Å². The van der Waals surface area contributed by atoms with Gasteiger partial charge in [-0.3, -0.25) is 4.68 Å². The van der Waals surface area contributed by atoms with E-state index in [4.69, 9.17) is 0 Å². The minimum atomic E-state index is 0.704. The van der Waals surface area contributed by atoms with Gasteiger partial charge in [0.1, 0.15) is 0 Å². The Labute approximate surface area is 128 Å². The monoisotopic (exact) mass is 287 g/mol. The number of nitrogens with zero attached hydrogens (tertiary/aromatic N) is 2. The Morgan fingerprint density at radius 2 is 1.86 bits per heavy atom. The molecule has 4 fully saturated rings. The molecular weight excluding hydrogens is 258 g/mol. The van der Waals surface area contributed by atoms with Crippen molar-refractivity contribution in [2.24, 2.45) is 36.6 Å². The van der Waals surface area contributed by atoms with Crippen LogP contribution >= 0.6 is 0 Å². The van der Waals surface area contributed by atoms with Crippen LogP contribution in [0.5, 0.6) is 0 Å². The van der Waals surface area contributed by atoms with E-state index in [1.165, 1.54) is 37.8 Å². The second kappa shape index (κ2) is 5.42. The molecule has 4 saturated carbocycles. The van der Waals surface area contributed by atoms with Crippen molar-refractivity contribution >= 4 is 0 Å². The predicted octanol–water partition coefficient (Wildman–Crippen LogP) is 3.01. The Morgan fingerprint density at radius 3 is 2.38 bits per heavy atom. The first kappa shape index (κ1) is 13.8. The molecular formula is C18H29N3. The Balaban J connectivity index is 1.45. The van der Waals surface area contributed by atoms with Gasteiger partial charge in [-0.15, -0.1) is 0 Å². The summed E-state index contributed by atoms with van der Waals surface area (Å²) in [5, 5.41) is 7.98. The second-order valence-corrected chi connectivity index (χ2v) is 7.89. The Hall–Kier alpha value is -0.830. The van der Waals surface area contributed by atoms with E-state index in [2.05, 4.69) is 30.6 Å².